The number of aryl methyl sites for hydroxylation is 1. The van der Waals surface area contributed by atoms with E-state index in [0.29, 0.717) is 17.8 Å². The Bertz CT molecular complexity index is 878. The lowest BCUT2D eigenvalue weighted by Crippen LogP contribution is -2.29. The Balaban J connectivity index is 1.74. The third-order valence-corrected chi connectivity index (χ3v) is 4.78. The van der Waals surface area contributed by atoms with E-state index < -0.39 is 11.9 Å². The van der Waals surface area contributed by atoms with Gasteiger partial charge in [-0.25, -0.2) is 0 Å². The molecule has 1 aliphatic rings. The lowest BCUT2D eigenvalue weighted by Gasteiger charge is -2.20. The molecule has 6 nitrogen and oxygen atoms in total. The summed E-state index contributed by atoms with van der Waals surface area (Å²) in [7, 11) is 0. The van der Waals surface area contributed by atoms with Crippen molar-refractivity contribution in [1.29, 1.82) is 0 Å². The maximum absolute atomic E-state index is 12.7. The number of hydrogen-bond acceptors (Lipinski definition) is 3. The fourth-order valence-corrected chi connectivity index (χ4v) is 3.38. The van der Waals surface area contributed by atoms with E-state index in [4.69, 9.17) is 5.11 Å². The largest absolute Gasteiger partial charge is 0.481 e. The van der Waals surface area contributed by atoms with Crippen molar-refractivity contribution < 1.29 is 19.5 Å². The Kier molecular flexibility index (Phi) is 5.54. The van der Waals surface area contributed by atoms with Gasteiger partial charge in [-0.2, -0.15) is 0 Å². The molecule has 1 heterocycles. The number of aliphatic carboxylic acids is 1. The summed E-state index contributed by atoms with van der Waals surface area (Å²) in [5.74, 6) is -1.78. The number of nitrogens with zero attached hydrogens (tertiary/aromatic N) is 1. The highest BCUT2D eigenvalue weighted by molar-refractivity contribution is 6.04. The summed E-state index contributed by atoms with van der Waals surface area (Å²) in [6.07, 6.45) is 0.778. The first-order valence-corrected chi connectivity index (χ1v) is 8.98. The number of carbonyl (C=O) groups is 3. The Morgan fingerprint density at radius 1 is 1.11 bits per heavy atom. The summed E-state index contributed by atoms with van der Waals surface area (Å²) < 4.78 is 0. The van der Waals surface area contributed by atoms with Crippen LogP contribution in [0.1, 0.15) is 24.5 Å². The molecule has 2 aromatic rings. The number of carboxylic acid groups (broad SMARTS) is 1. The van der Waals surface area contributed by atoms with E-state index in [1.807, 2.05) is 31.2 Å². The van der Waals surface area contributed by atoms with E-state index in [0.717, 1.165) is 17.7 Å². The molecule has 0 bridgehead atoms. The average molecular weight is 366 g/mol. The zero-order valence-electron chi connectivity index (χ0n) is 15.1. The number of rotatable bonds is 6. The fourth-order valence-electron chi connectivity index (χ4n) is 3.38. The molecule has 0 aliphatic carbocycles. The maximum Gasteiger partial charge on any atom is 0.307 e. The summed E-state index contributed by atoms with van der Waals surface area (Å²) in [5.41, 5.74) is 2.94. The van der Waals surface area contributed by atoms with E-state index in [9.17, 15) is 14.4 Å². The van der Waals surface area contributed by atoms with Gasteiger partial charge in [0.2, 0.25) is 11.8 Å². The van der Waals surface area contributed by atoms with Crippen LogP contribution in [0.25, 0.3) is 0 Å². The van der Waals surface area contributed by atoms with Crippen LogP contribution in [-0.4, -0.2) is 29.4 Å². The van der Waals surface area contributed by atoms with Crippen molar-refractivity contribution >= 4 is 29.2 Å². The van der Waals surface area contributed by atoms with E-state index in [1.54, 1.807) is 29.2 Å². The van der Waals surface area contributed by atoms with Crippen LogP contribution in [0.3, 0.4) is 0 Å². The molecule has 1 aliphatic heterocycles. The van der Waals surface area contributed by atoms with Crippen LogP contribution in [-0.2, 0) is 27.2 Å². The van der Waals surface area contributed by atoms with Crippen molar-refractivity contribution in [3.63, 3.8) is 0 Å². The summed E-state index contributed by atoms with van der Waals surface area (Å²) in [6.45, 7) is 2.35. The van der Waals surface area contributed by atoms with Gasteiger partial charge in [-0.15, -0.1) is 0 Å². The third kappa shape index (κ3) is 4.16. The Hall–Kier alpha value is -3.15. The van der Waals surface area contributed by atoms with Gasteiger partial charge in [0.05, 0.1) is 12.3 Å². The van der Waals surface area contributed by atoms with Crippen molar-refractivity contribution in [2.75, 3.05) is 16.8 Å². The average Bonchev–Trinajstić information content (AvgIpc) is 3.04. The van der Waals surface area contributed by atoms with Crippen molar-refractivity contribution in [1.82, 2.24) is 0 Å². The van der Waals surface area contributed by atoms with Crippen LogP contribution < -0.4 is 10.2 Å². The molecule has 140 valence electrons. The monoisotopic (exact) mass is 366 g/mol. The van der Waals surface area contributed by atoms with E-state index in [2.05, 4.69) is 5.32 Å². The number of carboxylic acids is 1. The molecule has 0 aromatic heterocycles. The van der Waals surface area contributed by atoms with Gasteiger partial charge in [0.15, 0.2) is 0 Å². The van der Waals surface area contributed by atoms with Gasteiger partial charge in [-0.3, -0.25) is 14.4 Å². The number of anilines is 2. The number of para-hydroxylation sites is 2. The first-order chi connectivity index (χ1) is 13.0. The van der Waals surface area contributed by atoms with Crippen molar-refractivity contribution in [3.05, 3.63) is 59.7 Å². The lowest BCUT2D eigenvalue weighted by atomic mass is 10.1. The van der Waals surface area contributed by atoms with Gasteiger partial charge in [0.25, 0.3) is 0 Å². The Labute approximate surface area is 157 Å². The van der Waals surface area contributed by atoms with Crippen LogP contribution in [0, 0.1) is 5.92 Å². The molecule has 2 aromatic carbocycles. The quantitative estimate of drug-likeness (QED) is 0.823. The topological polar surface area (TPSA) is 86.7 Å². The number of benzene rings is 2. The van der Waals surface area contributed by atoms with Gasteiger partial charge < -0.3 is 15.3 Å². The van der Waals surface area contributed by atoms with E-state index >= 15 is 0 Å². The fraction of sp³-hybridized carbons (Fsp3) is 0.286. The van der Waals surface area contributed by atoms with Crippen molar-refractivity contribution in [2.24, 2.45) is 5.92 Å². The molecule has 0 spiro atoms. The number of amides is 2. The molecular formula is C21H22N2O4. The smallest absolute Gasteiger partial charge is 0.307 e. The molecule has 1 fully saturated rings. The molecule has 0 saturated carbocycles. The third-order valence-electron chi connectivity index (χ3n) is 4.78. The Morgan fingerprint density at radius 3 is 2.48 bits per heavy atom. The van der Waals surface area contributed by atoms with Crippen LogP contribution in [0.5, 0.6) is 0 Å². The van der Waals surface area contributed by atoms with Crippen LogP contribution >= 0.6 is 0 Å². The van der Waals surface area contributed by atoms with Gasteiger partial charge in [0.1, 0.15) is 0 Å². The highest BCUT2D eigenvalue weighted by Gasteiger charge is 2.36. The molecule has 1 atom stereocenters. The normalized spacial score (nSPS) is 16.4. The second-order valence-electron chi connectivity index (χ2n) is 6.60. The minimum absolute atomic E-state index is 0.0742. The van der Waals surface area contributed by atoms with Gasteiger partial charge in [0, 0.05) is 24.3 Å². The highest BCUT2D eigenvalue weighted by atomic mass is 16.4. The predicted molar refractivity (Wildman–Crippen MR) is 103 cm³/mol. The molecular weight excluding hydrogens is 344 g/mol. The zero-order chi connectivity index (χ0) is 19.4. The molecule has 2 amide bonds. The first-order valence-electron chi connectivity index (χ1n) is 8.98. The van der Waals surface area contributed by atoms with Gasteiger partial charge in [-0.1, -0.05) is 43.3 Å². The number of nitrogens with one attached hydrogen (secondary N) is 1. The highest BCUT2D eigenvalue weighted by Crippen LogP contribution is 2.29. The summed E-state index contributed by atoms with van der Waals surface area (Å²) in [4.78, 5) is 37.9. The Morgan fingerprint density at radius 2 is 1.78 bits per heavy atom. The van der Waals surface area contributed by atoms with Crippen LogP contribution in [0.2, 0.25) is 0 Å². The molecule has 6 heteroatoms. The zero-order valence-corrected chi connectivity index (χ0v) is 15.1. The van der Waals surface area contributed by atoms with Crippen molar-refractivity contribution in [2.45, 2.75) is 26.2 Å². The van der Waals surface area contributed by atoms with Crippen LogP contribution in [0.4, 0.5) is 11.4 Å². The minimum atomic E-state index is -0.963. The summed E-state index contributed by atoms with van der Waals surface area (Å²) in [6, 6.07) is 14.5. The summed E-state index contributed by atoms with van der Waals surface area (Å²) in [5, 5.41) is 11.8. The molecule has 0 radical (unpaired) electrons. The molecule has 2 N–H and O–H groups in total. The van der Waals surface area contributed by atoms with Gasteiger partial charge >= 0.3 is 5.97 Å². The maximum atomic E-state index is 12.7. The second kappa shape index (κ2) is 8.03. The SMILES string of the molecule is CCc1ccccc1N1CC(C(=O)Nc2ccccc2CC(=O)O)CC1=O. The number of hydrogen-bond donors (Lipinski definition) is 2. The van der Waals surface area contributed by atoms with Crippen molar-refractivity contribution in [3.8, 4) is 0 Å². The first kappa shape index (κ1) is 18.6. The van der Waals surface area contributed by atoms with E-state index in [1.165, 1.54) is 0 Å². The molecule has 1 unspecified atom stereocenters. The summed E-state index contributed by atoms with van der Waals surface area (Å²) >= 11 is 0. The van der Waals surface area contributed by atoms with Crippen LogP contribution in [0.15, 0.2) is 48.5 Å². The minimum Gasteiger partial charge on any atom is -0.481 e. The molecule has 27 heavy (non-hydrogen) atoms. The molecule has 1 saturated heterocycles. The molecule has 3 rings (SSSR count). The lowest BCUT2D eigenvalue weighted by molar-refractivity contribution is -0.136. The number of carbonyl (C=O) groups excluding carboxylic acids is 2. The standard InChI is InChI=1S/C21H22N2O4/c1-2-14-7-4-6-10-18(14)23-13-16(11-19(23)24)21(27)22-17-9-5-3-8-15(17)12-20(25)26/h3-10,16H,2,11-13H2,1H3,(H,22,27)(H,25,26). The second-order valence-corrected chi connectivity index (χ2v) is 6.60. The van der Waals surface area contributed by atoms with E-state index in [-0.39, 0.29) is 24.7 Å². The van der Waals surface area contributed by atoms with Gasteiger partial charge in [-0.05, 0) is 29.7 Å². The predicted octanol–water partition coefficient (Wildman–Crippen LogP) is 2.87.